The Hall–Kier alpha value is -1.94. The number of hydrogen-bond donors (Lipinski definition) is 3. The molecule has 0 amide bonds. The molecule has 0 aliphatic carbocycles. The zero-order chi connectivity index (χ0) is 73.4. The van der Waals surface area contributed by atoms with E-state index in [1.54, 1.807) is 0 Å². The third-order valence-corrected chi connectivity index (χ3v) is 20.9. The maximum absolute atomic E-state index is 13.1. The van der Waals surface area contributed by atoms with Crippen molar-refractivity contribution in [2.75, 3.05) is 39.6 Å². The van der Waals surface area contributed by atoms with Crippen LogP contribution in [0.5, 0.6) is 0 Å². The zero-order valence-corrected chi connectivity index (χ0v) is 67.1. The van der Waals surface area contributed by atoms with Gasteiger partial charge in [-0.25, -0.2) is 9.13 Å². The van der Waals surface area contributed by atoms with Crippen molar-refractivity contribution in [3.05, 3.63) is 0 Å². The number of rotatable bonds is 81. The summed E-state index contributed by atoms with van der Waals surface area (Å²) in [5.74, 6) is -1.32. The third kappa shape index (κ3) is 74.3. The largest absolute Gasteiger partial charge is 0.472 e. The predicted molar refractivity (Wildman–Crippen MR) is 409 cm³/mol. The lowest BCUT2D eigenvalue weighted by molar-refractivity contribution is -0.161. The summed E-state index contributed by atoms with van der Waals surface area (Å²) in [6.07, 6.45) is 65.0. The number of phosphoric acid groups is 2. The highest BCUT2D eigenvalue weighted by Gasteiger charge is 2.30. The normalized spacial score (nSPS) is 13.8. The van der Waals surface area contributed by atoms with Crippen LogP contribution in [0.25, 0.3) is 0 Å². The number of phosphoric ester groups is 2. The number of carbonyl (C=O) groups is 4. The molecule has 0 bridgehead atoms. The smallest absolute Gasteiger partial charge is 0.462 e. The molecule has 17 nitrogen and oxygen atoms in total. The Morgan fingerprint density at radius 2 is 0.460 bits per heavy atom. The summed E-state index contributed by atoms with van der Waals surface area (Å²) in [4.78, 5) is 73.1. The summed E-state index contributed by atoms with van der Waals surface area (Å²) in [7, 11) is -9.92. The Kier molecular flexibility index (Phi) is 72.5. The molecule has 594 valence electrons. The Balaban J connectivity index is 5.26. The van der Waals surface area contributed by atoms with Crippen molar-refractivity contribution in [1.82, 2.24) is 0 Å². The molecule has 2 unspecified atom stereocenters. The van der Waals surface area contributed by atoms with E-state index in [0.717, 1.165) is 95.8 Å². The highest BCUT2D eigenvalue weighted by Crippen LogP contribution is 2.45. The molecule has 0 aromatic carbocycles. The van der Waals surface area contributed by atoms with Crippen molar-refractivity contribution in [1.29, 1.82) is 0 Å². The van der Waals surface area contributed by atoms with Gasteiger partial charge in [0.15, 0.2) is 12.2 Å². The van der Waals surface area contributed by atoms with Gasteiger partial charge >= 0.3 is 39.5 Å². The molecule has 0 spiro atoms. The predicted octanol–water partition coefficient (Wildman–Crippen LogP) is 24.4. The fraction of sp³-hybridized carbons (Fsp3) is 0.951. The summed E-state index contributed by atoms with van der Waals surface area (Å²) in [5.41, 5.74) is 0. The van der Waals surface area contributed by atoms with Gasteiger partial charge in [-0.3, -0.25) is 37.3 Å². The first-order valence-corrected chi connectivity index (χ1v) is 45.1. The Morgan fingerprint density at radius 3 is 0.680 bits per heavy atom. The third-order valence-electron chi connectivity index (χ3n) is 19.0. The number of esters is 4. The van der Waals surface area contributed by atoms with E-state index in [2.05, 4.69) is 34.6 Å². The second-order valence-electron chi connectivity index (χ2n) is 29.6. The summed E-state index contributed by atoms with van der Waals surface area (Å²) in [6.45, 7) is 7.36. The number of ether oxygens (including phenoxy) is 4. The summed E-state index contributed by atoms with van der Waals surface area (Å²) < 4.78 is 68.8. The Labute approximate surface area is 613 Å². The van der Waals surface area contributed by atoms with Gasteiger partial charge in [0.1, 0.15) is 19.3 Å². The lowest BCUT2D eigenvalue weighted by Crippen LogP contribution is -2.30. The van der Waals surface area contributed by atoms with Crippen LogP contribution in [0.15, 0.2) is 0 Å². The van der Waals surface area contributed by atoms with Crippen LogP contribution in [-0.2, 0) is 65.4 Å². The van der Waals surface area contributed by atoms with Gasteiger partial charge in [-0.15, -0.1) is 0 Å². The minimum absolute atomic E-state index is 0.109. The van der Waals surface area contributed by atoms with Crippen molar-refractivity contribution < 1.29 is 80.2 Å². The van der Waals surface area contributed by atoms with Crippen LogP contribution in [0.3, 0.4) is 0 Å². The highest BCUT2D eigenvalue weighted by molar-refractivity contribution is 7.47. The monoisotopic (exact) mass is 1470 g/mol. The molecule has 0 aromatic rings. The van der Waals surface area contributed by atoms with Crippen LogP contribution < -0.4 is 0 Å². The molecule has 0 aromatic heterocycles. The summed E-state index contributed by atoms with van der Waals surface area (Å²) >= 11 is 0. The van der Waals surface area contributed by atoms with Gasteiger partial charge in [0.25, 0.3) is 0 Å². The fourth-order valence-electron chi connectivity index (χ4n) is 12.6. The van der Waals surface area contributed by atoms with Gasteiger partial charge in [-0.05, 0) is 31.6 Å². The molecule has 100 heavy (non-hydrogen) atoms. The minimum Gasteiger partial charge on any atom is -0.462 e. The first kappa shape index (κ1) is 98.1. The van der Waals surface area contributed by atoms with E-state index in [1.165, 1.54) is 257 Å². The molecule has 0 aliphatic rings. The minimum atomic E-state index is -4.96. The first-order chi connectivity index (χ1) is 48.5. The first-order valence-electron chi connectivity index (χ1n) is 42.1. The number of carbonyl (C=O) groups excluding carboxylic acids is 4. The summed E-state index contributed by atoms with van der Waals surface area (Å²) in [5, 5.41) is 10.6. The number of unbranched alkanes of at least 4 members (excludes halogenated alkanes) is 53. The molecule has 19 heteroatoms. The van der Waals surface area contributed by atoms with Crippen LogP contribution in [0.2, 0.25) is 0 Å². The van der Waals surface area contributed by atoms with Gasteiger partial charge in [0, 0.05) is 25.7 Å². The average Bonchev–Trinajstić information content (AvgIpc) is 0.967. The van der Waals surface area contributed by atoms with Crippen LogP contribution in [0.1, 0.15) is 433 Å². The molecule has 3 N–H and O–H groups in total. The number of aliphatic hydroxyl groups excluding tert-OH is 1. The van der Waals surface area contributed by atoms with Crippen LogP contribution in [0, 0.1) is 5.92 Å². The van der Waals surface area contributed by atoms with Crippen molar-refractivity contribution in [3.63, 3.8) is 0 Å². The summed E-state index contributed by atoms with van der Waals surface area (Å²) in [6, 6.07) is 0. The van der Waals surface area contributed by atoms with E-state index in [-0.39, 0.29) is 25.7 Å². The van der Waals surface area contributed by atoms with Crippen molar-refractivity contribution in [2.45, 2.75) is 451 Å². The molecular formula is C81H158O17P2. The zero-order valence-electron chi connectivity index (χ0n) is 65.3. The molecule has 0 aliphatic heterocycles. The maximum atomic E-state index is 13.1. The van der Waals surface area contributed by atoms with Crippen molar-refractivity contribution in [2.24, 2.45) is 5.92 Å². The Bertz CT molecular complexity index is 1910. The lowest BCUT2D eigenvalue weighted by Gasteiger charge is -2.21. The van der Waals surface area contributed by atoms with Gasteiger partial charge in [0.05, 0.1) is 26.4 Å². The van der Waals surface area contributed by atoms with Crippen LogP contribution >= 0.6 is 15.6 Å². The van der Waals surface area contributed by atoms with Gasteiger partial charge in [-0.2, -0.15) is 0 Å². The van der Waals surface area contributed by atoms with Crippen molar-refractivity contribution >= 4 is 39.5 Å². The van der Waals surface area contributed by atoms with E-state index in [4.69, 9.17) is 37.0 Å². The lowest BCUT2D eigenvalue weighted by atomic mass is 10.0. The quantitative estimate of drug-likeness (QED) is 0.0222. The molecule has 0 radical (unpaired) electrons. The van der Waals surface area contributed by atoms with Crippen LogP contribution in [-0.4, -0.2) is 96.7 Å². The molecule has 0 fully saturated rings. The fourth-order valence-corrected chi connectivity index (χ4v) is 14.2. The second kappa shape index (κ2) is 73.9. The molecular weight excluding hydrogens is 1310 g/mol. The number of aliphatic hydroxyl groups is 1. The standard InChI is InChI=1S/C81H158O17P2/c1-6-9-12-15-18-21-24-27-29-30-31-32-35-42-47-52-57-62-67-81(86)98-77(71-92-79(84)65-60-55-50-45-40-37-36-38-43-48-53-58-63-74(4)5)73-96-100(89,90)94-69-75(82)68-93-99(87,88)95-72-76(70-91-78(83)64-59-54-49-44-39-33-26-23-20-17-14-11-8-3)97-80(85)66-61-56-51-46-41-34-28-25-22-19-16-13-10-7-2/h74-77,82H,6-73H2,1-5H3,(H,87,88)(H,89,90)/t75-,76+,77+/m0/s1. The van der Waals surface area contributed by atoms with Crippen LogP contribution in [0.4, 0.5) is 0 Å². The van der Waals surface area contributed by atoms with Gasteiger partial charge in [-0.1, -0.05) is 381 Å². The van der Waals surface area contributed by atoms with E-state index < -0.39 is 97.5 Å². The topological polar surface area (TPSA) is 237 Å². The van der Waals surface area contributed by atoms with E-state index >= 15 is 0 Å². The maximum Gasteiger partial charge on any atom is 0.472 e. The molecule has 0 saturated carbocycles. The second-order valence-corrected chi connectivity index (χ2v) is 32.5. The highest BCUT2D eigenvalue weighted by atomic mass is 31.2. The van der Waals surface area contributed by atoms with E-state index in [9.17, 15) is 43.2 Å². The average molecular weight is 1470 g/mol. The molecule has 0 heterocycles. The van der Waals surface area contributed by atoms with Gasteiger partial charge < -0.3 is 33.8 Å². The van der Waals surface area contributed by atoms with E-state index in [1.807, 2.05) is 0 Å². The van der Waals surface area contributed by atoms with Crippen molar-refractivity contribution in [3.8, 4) is 0 Å². The Morgan fingerprint density at radius 1 is 0.270 bits per heavy atom. The molecule has 5 atom stereocenters. The molecule has 0 saturated heterocycles. The number of hydrogen-bond acceptors (Lipinski definition) is 15. The SMILES string of the molecule is CCCCCCCCCCCCCCCCCCCCC(=O)O[C@H](COC(=O)CCCCCCCCCCCCCCC(C)C)COP(=O)(O)OC[C@@H](O)COP(=O)(O)OC[C@@H](COC(=O)CCCCCCCCCCCCCCC)OC(=O)CCCCCCCCCCCCCCCC. The molecule has 0 rings (SSSR count). The van der Waals surface area contributed by atoms with Gasteiger partial charge in [0.2, 0.25) is 0 Å². The van der Waals surface area contributed by atoms with E-state index in [0.29, 0.717) is 25.7 Å².